The van der Waals surface area contributed by atoms with Crippen molar-refractivity contribution in [2.75, 3.05) is 6.54 Å². The Bertz CT molecular complexity index is 618. The molecule has 1 heterocycles. The van der Waals surface area contributed by atoms with Crippen LogP contribution in [0.3, 0.4) is 0 Å². The Morgan fingerprint density at radius 2 is 2.14 bits per heavy atom. The molecule has 118 valence electrons. The number of aromatic nitrogens is 2. The molecule has 0 bridgehead atoms. The lowest BCUT2D eigenvalue weighted by molar-refractivity contribution is -0.120. The smallest absolute Gasteiger partial charge is 0.277 e. The van der Waals surface area contributed by atoms with E-state index < -0.39 is 0 Å². The van der Waals surface area contributed by atoms with Crippen molar-refractivity contribution in [1.82, 2.24) is 15.5 Å². The second-order valence-corrected chi connectivity index (χ2v) is 6.09. The molecule has 0 fully saturated rings. The second kappa shape index (κ2) is 8.05. The minimum absolute atomic E-state index is 0.0651. The Kier molecular flexibility index (Phi) is 6.09. The molecule has 0 aliphatic heterocycles. The summed E-state index contributed by atoms with van der Waals surface area (Å²) in [5.41, 5.74) is 0. The number of hydrogen-bond acceptors (Lipinski definition) is 6. The van der Waals surface area contributed by atoms with Crippen molar-refractivity contribution in [2.24, 2.45) is 0 Å². The third kappa shape index (κ3) is 4.92. The molecule has 1 amide bonds. The zero-order valence-corrected chi connectivity index (χ0v) is 13.8. The van der Waals surface area contributed by atoms with E-state index in [4.69, 9.17) is 20.8 Å². The summed E-state index contributed by atoms with van der Waals surface area (Å²) in [6, 6.07) is 6.98. The summed E-state index contributed by atoms with van der Waals surface area (Å²) in [6.07, 6.45) is 0. The maximum absolute atomic E-state index is 11.6. The molecule has 2 rings (SSSR count). The molecule has 0 spiro atoms. The maximum atomic E-state index is 11.6. The van der Waals surface area contributed by atoms with E-state index in [1.165, 1.54) is 11.8 Å². The van der Waals surface area contributed by atoms with Gasteiger partial charge in [-0.1, -0.05) is 23.4 Å². The van der Waals surface area contributed by atoms with Crippen LogP contribution in [0, 0.1) is 0 Å². The monoisotopic (exact) mass is 341 g/mol. The van der Waals surface area contributed by atoms with Gasteiger partial charge < -0.3 is 14.5 Å². The van der Waals surface area contributed by atoms with E-state index in [0.717, 1.165) is 0 Å². The largest absolute Gasteiger partial charge is 0.484 e. The number of halogens is 1. The van der Waals surface area contributed by atoms with Crippen LogP contribution in [0.5, 0.6) is 5.75 Å². The summed E-state index contributed by atoms with van der Waals surface area (Å²) in [6.45, 7) is 4.40. The van der Waals surface area contributed by atoms with Crippen molar-refractivity contribution >= 4 is 29.3 Å². The van der Waals surface area contributed by atoms with Crippen molar-refractivity contribution < 1.29 is 13.9 Å². The summed E-state index contributed by atoms with van der Waals surface area (Å²) in [7, 11) is 0. The van der Waals surface area contributed by atoms with Gasteiger partial charge in [0.15, 0.2) is 6.61 Å². The number of rotatable bonds is 7. The molecule has 0 aliphatic carbocycles. The van der Waals surface area contributed by atoms with Crippen molar-refractivity contribution in [3.8, 4) is 5.75 Å². The molecule has 1 N–H and O–H groups in total. The average molecular weight is 342 g/mol. The third-order valence-electron chi connectivity index (χ3n) is 2.62. The summed E-state index contributed by atoms with van der Waals surface area (Å²) in [5.74, 6) is 0.942. The highest BCUT2D eigenvalue weighted by molar-refractivity contribution is 8.00. The third-order valence-corrected chi connectivity index (χ3v) is 3.81. The van der Waals surface area contributed by atoms with Gasteiger partial charge in [-0.2, -0.15) is 0 Å². The molecule has 0 unspecified atom stereocenters. The van der Waals surface area contributed by atoms with Crippen molar-refractivity contribution in [2.45, 2.75) is 30.9 Å². The van der Waals surface area contributed by atoms with Gasteiger partial charge in [-0.3, -0.25) is 4.79 Å². The Hall–Kier alpha value is -1.73. The van der Waals surface area contributed by atoms with Gasteiger partial charge in [-0.05, 0) is 38.1 Å². The highest BCUT2D eigenvalue weighted by Crippen LogP contribution is 2.22. The Morgan fingerprint density at radius 1 is 1.41 bits per heavy atom. The van der Waals surface area contributed by atoms with Crippen LogP contribution < -0.4 is 10.1 Å². The molecule has 2 aromatic rings. The van der Waals surface area contributed by atoms with Gasteiger partial charge in [0.25, 0.3) is 11.1 Å². The SMILES string of the molecule is CCNC(=O)[C@@H](C)Sc1nnc(COc2ccc(Cl)cc2)o1. The lowest BCUT2D eigenvalue weighted by Crippen LogP contribution is -2.30. The molecule has 1 aromatic heterocycles. The highest BCUT2D eigenvalue weighted by atomic mass is 35.5. The first-order valence-corrected chi connectivity index (χ1v) is 7.99. The number of nitrogens with one attached hydrogen (secondary N) is 1. The van der Waals surface area contributed by atoms with Gasteiger partial charge in [0.1, 0.15) is 5.75 Å². The number of ether oxygens (including phenoxy) is 1. The Labute approximate surface area is 137 Å². The topological polar surface area (TPSA) is 77.2 Å². The van der Waals surface area contributed by atoms with Gasteiger partial charge >= 0.3 is 0 Å². The van der Waals surface area contributed by atoms with E-state index in [0.29, 0.717) is 28.4 Å². The van der Waals surface area contributed by atoms with Crippen LogP contribution >= 0.6 is 23.4 Å². The fourth-order valence-electron chi connectivity index (χ4n) is 1.54. The summed E-state index contributed by atoms with van der Waals surface area (Å²) in [4.78, 5) is 11.6. The minimum atomic E-state index is -0.301. The molecule has 0 saturated heterocycles. The van der Waals surface area contributed by atoms with E-state index in [2.05, 4.69) is 15.5 Å². The number of hydrogen-bond donors (Lipinski definition) is 1. The van der Waals surface area contributed by atoms with Crippen LogP contribution in [0.15, 0.2) is 33.9 Å². The fourth-order valence-corrected chi connectivity index (χ4v) is 2.39. The van der Waals surface area contributed by atoms with Crippen LogP contribution in [0.2, 0.25) is 5.02 Å². The normalized spacial score (nSPS) is 12.0. The fraction of sp³-hybridized carbons (Fsp3) is 0.357. The van der Waals surface area contributed by atoms with Gasteiger partial charge in [0.05, 0.1) is 5.25 Å². The van der Waals surface area contributed by atoms with Crippen LogP contribution in [0.25, 0.3) is 0 Å². The van der Waals surface area contributed by atoms with Gasteiger partial charge in [-0.15, -0.1) is 10.2 Å². The molecule has 0 saturated carbocycles. The van der Waals surface area contributed by atoms with E-state index in [1.54, 1.807) is 31.2 Å². The number of thioether (sulfide) groups is 1. The van der Waals surface area contributed by atoms with E-state index in [-0.39, 0.29) is 17.8 Å². The molecule has 6 nitrogen and oxygen atoms in total. The summed E-state index contributed by atoms with van der Waals surface area (Å²) < 4.78 is 10.9. The molecule has 0 radical (unpaired) electrons. The zero-order chi connectivity index (χ0) is 15.9. The van der Waals surface area contributed by atoms with Crippen molar-refractivity contribution in [1.29, 1.82) is 0 Å². The summed E-state index contributed by atoms with van der Waals surface area (Å²) >= 11 is 7.01. The maximum Gasteiger partial charge on any atom is 0.277 e. The van der Waals surface area contributed by atoms with E-state index in [9.17, 15) is 4.79 Å². The van der Waals surface area contributed by atoms with E-state index in [1.807, 2.05) is 6.92 Å². The predicted molar refractivity (Wildman–Crippen MR) is 84.1 cm³/mol. The van der Waals surface area contributed by atoms with Crippen LogP contribution in [-0.2, 0) is 11.4 Å². The zero-order valence-electron chi connectivity index (χ0n) is 12.2. The van der Waals surface area contributed by atoms with Crippen molar-refractivity contribution in [3.05, 3.63) is 35.2 Å². The van der Waals surface area contributed by atoms with Crippen molar-refractivity contribution in [3.63, 3.8) is 0 Å². The number of nitrogens with zero attached hydrogens (tertiary/aromatic N) is 2. The molecule has 1 atom stereocenters. The Balaban J connectivity index is 1.86. The first kappa shape index (κ1) is 16.6. The first-order chi connectivity index (χ1) is 10.6. The number of carbonyl (C=O) groups excluding carboxylic acids is 1. The van der Waals surface area contributed by atoms with E-state index >= 15 is 0 Å². The van der Waals surface area contributed by atoms with Gasteiger partial charge in [0.2, 0.25) is 5.91 Å². The standard InChI is InChI=1S/C14H16ClN3O3S/c1-3-16-13(19)9(2)22-14-18-17-12(21-14)8-20-11-6-4-10(15)5-7-11/h4-7,9H,3,8H2,1-2H3,(H,16,19)/t9-/m1/s1. The van der Waals surface area contributed by atoms with Gasteiger partial charge in [0, 0.05) is 11.6 Å². The second-order valence-electron chi connectivity index (χ2n) is 4.36. The highest BCUT2D eigenvalue weighted by Gasteiger charge is 2.17. The van der Waals surface area contributed by atoms with Crippen LogP contribution in [0.4, 0.5) is 0 Å². The minimum Gasteiger partial charge on any atom is -0.484 e. The number of carbonyl (C=O) groups is 1. The molecule has 0 aliphatic rings. The van der Waals surface area contributed by atoms with Gasteiger partial charge in [-0.25, -0.2) is 0 Å². The number of benzene rings is 1. The molecular weight excluding hydrogens is 326 g/mol. The molecular formula is C14H16ClN3O3S. The summed E-state index contributed by atoms with van der Waals surface area (Å²) in [5, 5.41) is 11.2. The quantitative estimate of drug-likeness (QED) is 0.780. The molecule has 8 heteroatoms. The Morgan fingerprint density at radius 3 is 2.82 bits per heavy atom. The average Bonchev–Trinajstić information content (AvgIpc) is 2.94. The lowest BCUT2D eigenvalue weighted by Gasteiger charge is -2.07. The molecule has 1 aromatic carbocycles. The lowest BCUT2D eigenvalue weighted by atomic mass is 10.3. The molecule has 22 heavy (non-hydrogen) atoms. The predicted octanol–water partition coefficient (Wildman–Crippen LogP) is 2.92. The van der Waals surface area contributed by atoms with Crippen LogP contribution in [0.1, 0.15) is 19.7 Å². The number of amides is 1. The first-order valence-electron chi connectivity index (χ1n) is 6.73. The van der Waals surface area contributed by atoms with Crippen LogP contribution in [-0.4, -0.2) is 27.9 Å².